The Hall–Kier alpha value is -1.84. The van der Waals surface area contributed by atoms with Gasteiger partial charge in [-0.1, -0.05) is 12.1 Å². The maximum absolute atomic E-state index is 13.5. The molecule has 1 N–H and O–H groups in total. The van der Waals surface area contributed by atoms with Crippen molar-refractivity contribution in [3.05, 3.63) is 47.0 Å². The lowest BCUT2D eigenvalue weighted by molar-refractivity contribution is 0.270. The Labute approximate surface area is 171 Å². The molecule has 0 spiro atoms. The average Bonchev–Trinajstić information content (AvgIpc) is 2.83. The number of rotatable bonds is 6. The predicted molar refractivity (Wildman–Crippen MR) is 113 cm³/mol. The molecule has 2 rings (SSSR count). The molecule has 0 aliphatic rings. The van der Waals surface area contributed by atoms with Crippen molar-refractivity contribution in [1.29, 1.82) is 0 Å². The molecule has 1 heterocycles. The van der Waals surface area contributed by atoms with Crippen molar-refractivity contribution in [2.75, 3.05) is 27.2 Å². The van der Waals surface area contributed by atoms with Crippen molar-refractivity contribution in [1.82, 2.24) is 20.0 Å². The number of hydrogen-bond donors (Lipinski definition) is 1. The van der Waals surface area contributed by atoms with Gasteiger partial charge in [-0.25, -0.2) is 4.39 Å². The first-order chi connectivity index (χ1) is 11.9. The molecule has 1 aromatic carbocycles. The van der Waals surface area contributed by atoms with E-state index in [9.17, 15) is 4.39 Å². The Balaban J connectivity index is 0.00000338. The van der Waals surface area contributed by atoms with E-state index in [0.717, 1.165) is 17.3 Å². The second kappa shape index (κ2) is 10.3. The normalized spacial score (nSPS) is 11.1. The van der Waals surface area contributed by atoms with E-state index in [0.29, 0.717) is 19.7 Å². The minimum Gasteiger partial charge on any atom is -0.489 e. The molecule has 0 fully saturated rings. The van der Waals surface area contributed by atoms with Crippen molar-refractivity contribution in [3.63, 3.8) is 0 Å². The number of likely N-dealkylation sites (N-methyl/N-ethyl adjacent to an activating group) is 1. The van der Waals surface area contributed by atoms with Crippen LogP contribution in [-0.2, 0) is 13.6 Å². The minimum absolute atomic E-state index is 0. The van der Waals surface area contributed by atoms with Gasteiger partial charge in [0, 0.05) is 38.9 Å². The summed E-state index contributed by atoms with van der Waals surface area (Å²) in [5.74, 6) is 0.662. The average molecular weight is 475 g/mol. The summed E-state index contributed by atoms with van der Waals surface area (Å²) in [4.78, 5) is 6.23. The van der Waals surface area contributed by atoms with Gasteiger partial charge in [-0.05, 0) is 26.0 Å². The second-order valence-electron chi connectivity index (χ2n) is 5.87. The molecule has 2 aromatic rings. The molecular weight excluding hydrogens is 448 g/mol. The van der Waals surface area contributed by atoms with Crippen LogP contribution in [0.15, 0.2) is 29.3 Å². The number of benzene rings is 1. The van der Waals surface area contributed by atoms with Crippen LogP contribution in [0.5, 0.6) is 5.75 Å². The largest absolute Gasteiger partial charge is 0.489 e. The van der Waals surface area contributed by atoms with E-state index < -0.39 is 0 Å². The maximum Gasteiger partial charge on any atom is 0.193 e. The Kier molecular flexibility index (Phi) is 8.83. The van der Waals surface area contributed by atoms with Crippen LogP contribution in [0.1, 0.15) is 17.0 Å². The van der Waals surface area contributed by atoms with Crippen molar-refractivity contribution < 1.29 is 9.13 Å². The number of nitrogens with one attached hydrogen (secondary N) is 1. The van der Waals surface area contributed by atoms with Gasteiger partial charge in [0.2, 0.25) is 0 Å². The summed E-state index contributed by atoms with van der Waals surface area (Å²) in [5.41, 5.74) is 3.30. The van der Waals surface area contributed by atoms with E-state index in [4.69, 9.17) is 4.74 Å². The Morgan fingerprint density at radius 3 is 2.62 bits per heavy atom. The van der Waals surface area contributed by atoms with E-state index in [1.807, 2.05) is 37.5 Å². The van der Waals surface area contributed by atoms with Gasteiger partial charge < -0.3 is 15.0 Å². The molecule has 6 nitrogen and oxygen atoms in total. The van der Waals surface area contributed by atoms with Gasteiger partial charge in [0.1, 0.15) is 6.61 Å². The molecule has 0 aliphatic heterocycles. The summed E-state index contributed by atoms with van der Waals surface area (Å²) in [5, 5.41) is 7.75. The van der Waals surface area contributed by atoms with Gasteiger partial charge in [-0.15, -0.1) is 24.0 Å². The Morgan fingerprint density at radius 2 is 2.04 bits per heavy atom. The standard InChI is InChI=1S/C18H26FN5O.HI/c1-13-15(14(2)24(5)22-13)12-21-18(20-3)23(4)10-11-25-17-9-7-6-8-16(17)19;/h6-9H,10-12H2,1-5H3,(H,20,21);1H. The number of aromatic nitrogens is 2. The second-order valence-corrected chi connectivity index (χ2v) is 5.87. The van der Waals surface area contributed by atoms with Crippen LogP contribution in [0.3, 0.4) is 0 Å². The van der Waals surface area contributed by atoms with Gasteiger partial charge >= 0.3 is 0 Å². The number of ether oxygens (including phenoxy) is 1. The molecule has 1 aromatic heterocycles. The molecule has 0 saturated carbocycles. The zero-order valence-corrected chi connectivity index (χ0v) is 18.2. The summed E-state index contributed by atoms with van der Waals surface area (Å²) in [6, 6.07) is 6.40. The van der Waals surface area contributed by atoms with Crippen molar-refractivity contribution in [3.8, 4) is 5.75 Å². The number of guanidine groups is 1. The van der Waals surface area contributed by atoms with E-state index in [1.54, 1.807) is 25.2 Å². The summed E-state index contributed by atoms with van der Waals surface area (Å²) < 4.78 is 20.9. The monoisotopic (exact) mass is 475 g/mol. The first-order valence-corrected chi connectivity index (χ1v) is 8.22. The fourth-order valence-corrected chi connectivity index (χ4v) is 2.59. The molecule has 8 heteroatoms. The highest BCUT2D eigenvalue weighted by Gasteiger charge is 2.12. The SMILES string of the molecule is CN=C(NCc1c(C)nn(C)c1C)N(C)CCOc1ccccc1F.I. The van der Waals surface area contributed by atoms with Crippen LogP contribution >= 0.6 is 24.0 Å². The van der Waals surface area contributed by atoms with Crippen molar-refractivity contribution >= 4 is 29.9 Å². The van der Waals surface area contributed by atoms with E-state index >= 15 is 0 Å². The van der Waals surface area contributed by atoms with Gasteiger partial charge in [0.25, 0.3) is 0 Å². The summed E-state index contributed by atoms with van der Waals surface area (Å²) >= 11 is 0. The number of aliphatic imine (C=N–C) groups is 1. The van der Waals surface area contributed by atoms with E-state index in [-0.39, 0.29) is 35.5 Å². The molecule has 0 amide bonds. The molecule has 144 valence electrons. The van der Waals surface area contributed by atoms with Crippen molar-refractivity contribution in [2.24, 2.45) is 12.0 Å². The fraction of sp³-hybridized carbons (Fsp3) is 0.444. The molecule has 0 atom stereocenters. The predicted octanol–water partition coefficient (Wildman–Crippen LogP) is 2.88. The number of hydrogen-bond acceptors (Lipinski definition) is 3. The molecule has 26 heavy (non-hydrogen) atoms. The van der Waals surface area contributed by atoms with Gasteiger partial charge in [-0.2, -0.15) is 5.10 Å². The molecule has 0 bridgehead atoms. The van der Waals surface area contributed by atoms with Crippen LogP contribution in [0, 0.1) is 19.7 Å². The number of aryl methyl sites for hydroxylation is 2. The van der Waals surface area contributed by atoms with Crippen LogP contribution in [0.2, 0.25) is 0 Å². The van der Waals surface area contributed by atoms with Crippen LogP contribution in [0.4, 0.5) is 4.39 Å². The van der Waals surface area contributed by atoms with Crippen molar-refractivity contribution in [2.45, 2.75) is 20.4 Å². The highest BCUT2D eigenvalue weighted by Crippen LogP contribution is 2.15. The third-order valence-corrected chi connectivity index (χ3v) is 4.18. The molecule has 0 radical (unpaired) electrons. The van der Waals surface area contributed by atoms with Gasteiger partial charge in [0.15, 0.2) is 17.5 Å². The summed E-state index contributed by atoms with van der Waals surface area (Å²) in [6.45, 7) is 5.64. The topological polar surface area (TPSA) is 54.7 Å². The Morgan fingerprint density at radius 1 is 1.35 bits per heavy atom. The van der Waals surface area contributed by atoms with E-state index in [2.05, 4.69) is 15.4 Å². The van der Waals surface area contributed by atoms with E-state index in [1.165, 1.54) is 11.6 Å². The number of halogens is 2. The minimum atomic E-state index is -0.352. The van der Waals surface area contributed by atoms with Gasteiger partial charge in [0.05, 0.1) is 12.2 Å². The van der Waals surface area contributed by atoms with Crippen LogP contribution in [-0.4, -0.2) is 47.9 Å². The third-order valence-electron chi connectivity index (χ3n) is 4.18. The lowest BCUT2D eigenvalue weighted by atomic mass is 10.2. The zero-order chi connectivity index (χ0) is 18.4. The summed E-state index contributed by atoms with van der Waals surface area (Å²) in [7, 11) is 5.59. The fourth-order valence-electron chi connectivity index (χ4n) is 2.59. The molecule has 0 unspecified atom stereocenters. The quantitative estimate of drug-likeness (QED) is 0.397. The first kappa shape index (κ1) is 22.2. The third kappa shape index (κ3) is 5.58. The number of para-hydroxylation sites is 1. The highest BCUT2D eigenvalue weighted by atomic mass is 127. The first-order valence-electron chi connectivity index (χ1n) is 8.22. The summed E-state index contributed by atoms with van der Waals surface area (Å²) in [6.07, 6.45) is 0. The lowest BCUT2D eigenvalue weighted by Gasteiger charge is -2.22. The van der Waals surface area contributed by atoms with Gasteiger partial charge in [-0.3, -0.25) is 9.67 Å². The smallest absolute Gasteiger partial charge is 0.193 e. The van der Waals surface area contributed by atoms with Crippen LogP contribution < -0.4 is 10.1 Å². The highest BCUT2D eigenvalue weighted by molar-refractivity contribution is 14.0. The Bertz CT molecular complexity index is 747. The molecule has 0 saturated heterocycles. The lowest BCUT2D eigenvalue weighted by Crippen LogP contribution is -2.40. The number of nitrogens with zero attached hydrogens (tertiary/aromatic N) is 4. The van der Waals surface area contributed by atoms with Crippen LogP contribution in [0.25, 0.3) is 0 Å². The molecular formula is C18H27FIN5O. The maximum atomic E-state index is 13.5. The molecule has 0 aliphatic carbocycles. The zero-order valence-electron chi connectivity index (χ0n) is 15.9.